The maximum absolute atomic E-state index is 11.7. The summed E-state index contributed by atoms with van der Waals surface area (Å²) in [6.45, 7) is 0. The quantitative estimate of drug-likeness (QED) is 0.854. The molecule has 0 unspecified atom stereocenters. The predicted octanol–water partition coefficient (Wildman–Crippen LogP) is 3.11. The molecule has 2 rings (SSSR count). The predicted molar refractivity (Wildman–Crippen MR) is 78.3 cm³/mol. The molecule has 21 heavy (non-hydrogen) atoms. The molecule has 0 fully saturated rings. The van der Waals surface area contributed by atoms with Gasteiger partial charge in [0.1, 0.15) is 0 Å². The Morgan fingerprint density at radius 2 is 1.29 bits per heavy atom. The molecule has 0 aromatic heterocycles. The molecule has 108 valence electrons. The Balaban J connectivity index is 2.46. The van der Waals surface area contributed by atoms with Crippen molar-refractivity contribution in [1.82, 2.24) is 0 Å². The van der Waals surface area contributed by atoms with Gasteiger partial charge in [-0.05, 0) is 11.1 Å². The molecule has 2 aromatic carbocycles. The summed E-state index contributed by atoms with van der Waals surface area (Å²) in [6.07, 6.45) is -0.226. The molecular formula is C17H16O4. The minimum absolute atomic E-state index is 0.226. The summed E-state index contributed by atoms with van der Waals surface area (Å²) < 4.78 is 0. The Bertz CT molecular complexity index is 607. The van der Waals surface area contributed by atoms with E-state index in [-0.39, 0.29) is 6.42 Å². The zero-order chi connectivity index (χ0) is 15.2. The highest BCUT2D eigenvalue weighted by atomic mass is 16.4. The average Bonchev–Trinajstić information content (AvgIpc) is 2.48. The molecule has 0 aliphatic rings. The second-order valence-corrected chi connectivity index (χ2v) is 4.84. The topological polar surface area (TPSA) is 74.6 Å². The van der Waals surface area contributed by atoms with Crippen LogP contribution in [-0.4, -0.2) is 22.2 Å². The first-order valence-electron chi connectivity index (χ1n) is 6.64. The summed E-state index contributed by atoms with van der Waals surface area (Å²) in [5, 5.41) is 18.7. The minimum Gasteiger partial charge on any atom is -0.481 e. The minimum atomic E-state index is -1.02. The first kappa shape index (κ1) is 14.8. The Kier molecular flexibility index (Phi) is 4.72. The van der Waals surface area contributed by atoms with Crippen molar-refractivity contribution < 1.29 is 19.8 Å². The van der Waals surface area contributed by atoms with Crippen molar-refractivity contribution in [3.63, 3.8) is 0 Å². The Hall–Kier alpha value is -2.62. The van der Waals surface area contributed by atoms with Crippen molar-refractivity contribution in [3.8, 4) is 0 Å². The summed E-state index contributed by atoms with van der Waals surface area (Å²) in [5.74, 6) is -3.52. The van der Waals surface area contributed by atoms with Crippen molar-refractivity contribution in [3.05, 3.63) is 71.8 Å². The third kappa shape index (κ3) is 3.69. The van der Waals surface area contributed by atoms with E-state index < -0.39 is 23.8 Å². The maximum Gasteiger partial charge on any atom is 0.311 e. The third-order valence-electron chi connectivity index (χ3n) is 3.45. The van der Waals surface area contributed by atoms with E-state index in [4.69, 9.17) is 5.11 Å². The molecule has 0 bridgehead atoms. The lowest BCUT2D eigenvalue weighted by molar-refractivity contribution is -0.140. The standard InChI is InChI=1S/C17H16O4/c18-15(19)11-14(12-7-3-1-4-8-12)16(17(20)21)13-9-5-2-6-10-13/h1-10,14,16H,11H2,(H,18,19)(H,20,21)/t14-,16+/m0/s1. The molecule has 0 aliphatic heterocycles. The second-order valence-electron chi connectivity index (χ2n) is 4.84. The van der Waals surface area contributed by atoms with Crippen LogP contribution in [0.15, 0.2) is 60.7 Å². The number of aliphatic carboxylic acids is 2. The molecule has 2 atom stereocenters. The van der Waals surface area contributed by atoms with Crippen LogP contribution in [0, 0.1) is 0 Å². The van der Waals surface area contributed by atoms with Crippen LogP contribution < -0.4 is 0 Å². The first-order chi connectivity index (χ1) is 10.1. The van der Waals surface area contributed by atoms with Crippen molar-refractivity contribution >= 4 is 11.9 Å². The van der Waals surface area contributed by atoms with Gasteiger partial charge in [-0.15, -0.1) is 0 Å². The average molecular weight is 284 g/mol. The number of hydrogen-bond donors (Lipinski definition) is 2. The number of benzene rings is 2. The van der Waals surface area contributed by atoms with Gasteiger partial charge in [0.25, 0.3) is 0 Å². The lowest BCUT2D eigenvalue weighted by Gasteiger charge is -2.23. The van der Waals surface area contributed by atoms with Crippen molar-refractivity contribution in [1.29, 1.82) is 0 Å². The zero-order valence-corrected chi connectivity index (χ0v) is 11.3. The maximum atomic E-state index is 11.7. The Morgan fingerprint density at radius 1 is 0.810 bits per heavy atom. The highest BCUT2D eigenvalue weighted by molar-refractivity contribution is 5.79. The molecule has 0 radical (unpaired) electrons. The zero-order valence-electron chi connectivity index (χ0n) is 11.3. The van der Waals surface area contributed by atoms with E-state index in [0.717, 1.165) is 5.56 Å². The number of rotatable bonds is 6. The van der Waals surface area contributed by atoms with Crippen LogP contribution in [0.5, 0.6) is 0 Å². The molecule has 4 nitrogen and oxygen atoms in total. The van der Waals surface area contributed by atoms with Gasteiger partial charge in [0.2, 0.25) is 0 Å². The molecule has 0 amide bonds. The Labute approximate surface area is 122 Å². The number of hydrogen-bond acceptors (Lipinski definition) is 2. The van der Waals surface area contributed by atoms with Gasteiger partial charge in [-0.2, -0.15) is 0 Å². The molecule has 0 aliphatic carbocycles. The summed E-state index contributed by atoms with van der Waals surface area (Å²) in [7, 11) is 0. The highest BCUT2D eigenvalue weighted by Crippen LogP contribution is 2.35. The van der Waals surface area contributed by atoms with E-state index in [1.165, 1.54) is 0 Å². The molecule has 4 heteroatoms. The van der Waals surface area contributed by atoms with E-state index in [1.807, 2.05) is 6.07 Å². The van der Waals surface area contributed by atoms with Crippen LogP contribution in [-0.2, 0) is 9.59 Å². The van der Waals surface area contributed by atoms with E-state index in [9.17, 15) is 14.7 Å². The lowest BCUT2D eigenvalue weighted by Crippen LogP contribution is -2.22. The summed E-state index contributed by atoms with van der Waals surface area (Å²) in [5.41, 5.74) is 1.33. The third-order valence-corrected chi connectivity index (χ3v) is 3.45. The fourth-order valence-corrected chi connectivity index (χ4v) is 2.52. The van der Waals surface area contributed by atoms with Gasteiger partial charge in [0.15, 0.2) is 0 Å². The monoisotopic (exact) mass is 284 g/mol. The summed E-state index contributed by atoms with van der Waals surface area (Å²) in [4.78, 5) is 22.9. The van der Waals surface area contributed by atoms with Gasteiger partial charge >= 0.3 is 11.9 Å². The molecular weight excluding hydrogens is 268 g/mol. The van der Waals surface area contributed by atoms with Crippen molar-refractivity contribution in [2.45, 2.75) is 18.3 Å². The van der Waals surface area contributed by atoms with Gasteiger partial charge in [0.05, 0.1) is 12.3 Å². The molecule has 2 N–H and O–H groups in total. The van der Waals surface area contributed by atoms with Crippen molar-refractivity contribution in [2.75, 3.05) is 0 Å². The van der Waals surface area contributed by atoms with Crippen LogP contribution in [0.2, 0.25) is 0 Å². The largest absolute Gasteiger partial charge is 0.481 e. The fourth-order valence-electron chi connectivity index (χ4n) is 2.52. The van der Waals surface area contributed by atoms with Crippen LogP contribution in [0.3, 0.4) is 0 Å². The number of carboxylic acids is 2. The number of carboxylic acid groups (broad SMARTS) is 2. The van der Waals surface area contributed by atoms with Crippen LogP contribution >= 0.6 is 0 Å². The molecule has 0 heterocycles. The van der Waals surface area contributed by atoms with Crippen molar-refractivity contribution in [2.24, 2.45) is 0 Å². The molecule has 0 saturated heterocycles. The smallest absolute Gasteiger partial charge is 0.311 e. The van der Waals surface area contributed by atoms with Gasteiger partial charge in [-0.3, -0.25) is 9.59 Å². The second kappa shape index (κ2) is 6.70. The SMILES string of the molecule is O=C(O)C[C@@H](c1ccccc1)[C@H](C(=O)O)c1ccccc1. The van der Waals surface area contributed by atoms with Crippen LogP contribution in [0.4, 0.5) is 0 Å². The Morgan fingerprint density at radius 3 is 1.71 bits per heavy atom. The fraction of sp³-hybridized carbons (Fsp3) is 0.176. The van der Waals surface area contributed by atoms with E-state index in [1.54, 1.807) is 54.6 Å². The van der Waals surface area contributed by atoms with E-state index in [0.29, 0.717) is 5.56 Å². The van der Waals surface area contributed by atoms with E-state index >= 15 is 0 Å². The molecule has 0 saturated carbocycles. The normalized spacial score (nSPS) is 13.3. The van der Waals surface area contributed by atoms with Gasteiger partial charge in [-0.1, -0.05) is 60.7 Å². The van der Waals surface area contributed by atoms with Crippen LogP contribution in [0.25, 0.3) is 0 Å². The molecule has 0 spiro atoms. The molecule has 2 aromatic rings. The first-order valence-corrected chi connectivity index (χ1v) is 6.64. The lowest BCUT2D eigenvalue weighted by atomic mass is 9.79. The number of carbonyl (C=O) groups is 2. The van der Waals surface area contributed by atoms with Crippen LogP contribution in [0.1, 0.15) is 29.4 Å². The van der Waals surface area contributed by atoms with Gasteiger partial charge in [-0.25, -0.2) is 0 Å². The summed E-state index contributed by atoms with van der Waals surface area (Å²) >= 11 is 0. The van der Waals surface area contributed by atoms with Gasteiger partial charge in [0, 0.05) is 5.92 Å². The van der Waals surface area contributed by atoms with Gasteiger partial charge < -0.3 is 10.2 Å². The summed E-state index contributed by atoms with van der Waals surface area (Å²) in [6, 6.07) is 17.7. The van der Waals surface area contributed by atoms with E-state index in [2.05, 4.69) is 0 Å². The highest BCUT2D eigenvalue weighted by Gasteiger charge is 2.32.